The molecule has 2 N–H and O–H groups in total. The van der Waals surface area contributed by atoms with E-state index in [2.05, 4.69) is 10.1 Å². The zero-order chi connectivity index (χ0) is 14.2. The van der Waals surface area contributed by atoms with Gasteiger partial charge < -0.3 is 15.0 Å². The second kappa shape index (κ2) is 4.58. The minimum Gasteiger partial charge on any atom is -0.396 e. The van der Waals surface area contributed by atoms with Crippen molar-refractivity contribution < 1.29 is 18.0 Å². The van der Waals surface area contributed by atoms with Gasteiger partial charge in [0.15, 0.2) is 0 Å². The Morgan fingerprint density at radius 1 is 1.26 bits per heavy atom. The van der Waals surface area contributed by atoms with Crippen LogP contribution in [0.5, 0.6) is 0 Å². The molecule has 0 aliphatic rings. The summed E-state index contributed by atoms with van der Waals surface area (Å²) in [5.41, 5.74) is 4.37. The van der Waals surface area contributed by atoms with Crippen molar-refractivity contribution in [2.24, 2.45) is 0 Å². The third kappa shape index (κ3) is 2.41. The van der Waals surface area contributed by atoms with E-state index in [0.29, 0.717) is 6.07 Å². The Bertz CT molecular complexity index is 611. The molecular formula is C12H13F2N3O2. The van der Waals surface area contributed by atoms with Gasteiger partial charge in [-0.2, -0.15) is 4.98 Å². The summed E-state index contributed by atoms with van der Waals surface area (Å²) in [6.45, 7) is 3.47. The highest BCUT2D eigenvalue weighted by molar-refractivity contribution is 5.61. The van der Waals surface area contributed by atoms with Gasteiger partial charge in [-0.15, -0.1) is 0 Å². The largest absolute Gasteiger partial charge is 0.396 e. The maximum atomic E-state index is 13.6. The second-order valence-corrected chi connectivity index (χ2v) is 4.49. The molecule has 0 atom stereocenters. The smallest absolute Gasteiger partial charge is 0.261 e. The minimum absolute atomic E-state index is 0.0513. The summed E-state index contributed by atoms with van der Waals surface area (Å²) in [6, 6.07) is 1.79. The maximum absolute atomic E-state index is 13.6. The highest BCUT2D eigenvalue weighted by Gasteiger charge is 2.27. The van der Waals surface area contributed by atoms with Gasteiger partial charge in [-0.25, -0.2) is 8.78 Å². The van der Waals surface area contributed by atoms with E-state index in [9.17, 15) is 8.78 Å². The predicted molar refractivity (Wildman–Crippen MR) is 64.1 cm³/mol. The van der Waals surface area contributed by atoms with Gasteiger partial charge in [0.1, 0.15) is 17.2 Å². The number of benzene rings is 1. The first-order chi connectivity index (χ1) is 8.85. The van der Waals surface area contributed by atoms with Crippen LogP contribution in [0.2, 0.25) is 0 Å². The lowest BCUT2D eigenvalue weighted by molar-refractivity contribution is 0.00973. The van der Waals surface area contributed by atoms with Gasteiger partial charge in [0.05, 0.1) is 11.3 Å². The number of nitrogen functional groups attached to an aromatic ring is 1. The molecule has 1 aromatic heterocycles. The van der Waals surface area contributed by atoms with E-state index < -0.39 is 17.2 Å². The van der Waals surface area contributed by atoms with Gasteiger partial charge in [0, 0.05) is 13.2 Å². The average molecular weight is 269 g/mol. The lowest BCUT2D eigenvalue weighted by Gasteiger charge is -2.17. The van der Waals surface area contributed by atoms with Crippen LogP contribution in [0.15, 0.2) is 16.7 Å². The van der Waals surface area contributed by atoms with Crippen molar-refractivity contribution in [1.82, 2.24) is 10.1 Å². The second-order valence-electron chi connectivity index (χ2n) is 4.49. The molecule has 102 valence electrons. The van der Waals surface area contributed by atoms with Crippen LogP contribution in [0.25, 0.3) is 11.5 Å². The number of hydrogen-bond acceptors (Lipinski definition) is 5. The van der Waals surface area contributed by atoms with Crippen LogP contribution in [0.1, 0.15) is 19.7 Å². The summed E-state index contributed by atoms with van der Waals surface area (Å²) in [5, 5.41) is 3.72. The van der Waals surface area contributed by atoms with Gasteiger partial charge in [0.25, 0.3) is 5.89 Å². The van der Waals surface area contributed by atoms with Crippen LogP contribution in [0, 0.1) is 11.6 Å². The Morgan fingerprint density at radius 2 is 1.95 bits per heavy atom. The SMILES string of the molecule is COC(C)(C)c1noc(-c2cc(N)c(F)cc2F)n1. The molecule has 0 aliphatic heterocycles. The molecule has 0 fully saturated rings. The molecule has 0 aliphatic carbocycles. The molecule has 0 unspecified atom stereocenters. The number of aromatic nitrogens is 2. The molecule has 2 rings (SSSR count). The van der Waals surface area contributed by atoms with E-state index >= 15 is 0 Å². The molecule has 1 heterocycles. The van der Waals surface area contributed by atoms with E-state index in [0.717, 1.165) is 6.07 Å². The third-order valence-corrected chi connectivity index (χ3v) is 2.79. The number of methoxy groups -OCH3 is 1. The molecule has 5 nitrogen and oxygen atoms in total. The quantitative estimate of drug-likeness (QED) is 0.866. The molecule has 19 heavy (non-hydrogen) atoms. The van der Waals surface area contributed by atoms with E-state index in [1.54, 1.807) is 13.8 Å². The van der Waals surface area contributed by atoms with Crippen molar-refractivity contribution >= 4 is 5.69 Å². The fraction of sp³-hybridized carbons (Fsp3) is 0.333. The first-order valence-corrected chi connectivity index (χ1v) is 5.49. The highest BCUT2D eigenvalue weighted by Crippen LogP contribution is 2.28. The van der Waals surface area contributed by atoms with Gasteiger partial charge in [-0.3, -0.25) is 0 Å². The number of nitrogens with zero attached hydrogens (tertiary/aromatic N) is 2. The van der Waals surface area contributed by atoms with E-state index in [4.69, 9.17) is 15.0 Å². The van der Waals surface area contributed by atoms with Crippen LogP contribution in [0.4, 0.5) is 14.5 Å². The van der Waals surface area contributed by atoms with Crippen LogP contribution >= 0.6 is 0 Å². The van der Waals surface area contributed by atoms with Gasteiger partial charge in [0.2, 0.25) is 5.82 Å². The zero-order valence-corrected chi connectivity index (χ0v) is 10.7. The summed E-state index contributed by atoms with van der Waals surface area (Å²) >= 11 is 0. The Balaban J connectivity index is 2.47. The van der Waals surface area contributed by atoms with Gasteiger partial charge in [-0.05, 0) is 19.9 Å². The highest BCUT2D eigenvalue weighted by atomic mass is 19.1. The average Bonchev–Trinajstić information content (AvgIpc) is 2.84. The van der Waals surface area contributed by atoms with Crippen LogP contribution in [-0.2, 0) is 10.3 Å². The first kappa shape index (κ1) is 13.4. The molecule has 0 bridgehead atoms. The lowest BCUT2D eigenvalue weighted by atomic mass is 10.1. The van der Waals surface area contributed by atoms with Crippen LogP contribution < -0.4 is 5.73 Å². The van der Waals surface area contributed by atoms with Crippen molar-refractivity contribution in [3.05, 3.63) is 29.6 Å². The fourth-order valence-corrected chi connectivity index (χ4v) is 1.40. The van der Waals surface area contributed by atoms with Crippen molar-refractivity contribution in [2.45, 2.75) is 19.4 Å². The Morgan fingerprint density at radius 3 is 2.58 bits per heavy atom. The predicted octanol–water partition coefficient (Wildman–Crippen LogP) is 2.48. The Hall–Kier alpha value is -2.02. The molecule has 0 radical (unpaired) electrons. The maximum Gasteiger partial charge on any atom is 0.261 e. The van der Waals surface area contributed by atoms with E-state index in [1.165, 1.54) is 7.11 Å². The fourth-order valence-electron chi connectivity index (χ4n) is 1.40. The van der Waals surface area contributed by atoms with Crippen molar-refractivity contribution in [1.29, 1.82) is 0 Å². The molecule has 2 aromatic rings. The van der Waals surface area contributed by atoms with Crippen molar-refractivity contribution in [3.8, 4) is 11.5 Å². The van der Waals surface area contributed by atoms with Crippen LogP contribution in [-0.4, -0.2) is 17.3 Å². The molecule has 0 spiro atoms. The topological polar surface area (TPSA) is 74.2 Å². The molecule has 7 heteroatoms. The summed E-state index contributed by atoms with van der Waals surface area (Å²) in [5.74, 6) is -1.48. The molecular weight excluding hydrogens is 256 g/mol. The number of hydrogen-bond donors (Lipinski definition) is 1. The number of rotatable bonds is 3. The molecule has 1 aromatic carbocycles. The molecule has 0 saturated carbocycles. The normalized spacial score (nSPS) is 11.8. The van der Waals surface area contributed by atoms with Crippen LogP contribution in [0.3, 0.4) is 0 Å². The standard InChI is InChI=1S/C12H13F2N3O2/c1-12(2,18-3)11-16-10(19-17-11)6-4-9(15)8(14)5-7(6)13/h4-5H,15H2,1-3H3. The first-order valence-electron chi connectivity index (χ1n) is 5.49. The summed E-state index contributed by atoms with van der Waals surface area (Å²) in [7, 11) is 1.49. The number of nitrogens with two attached hydrogens (primary N) is 1. The van der Waals surface area contributed by atoms with E-state index in [1.807, 2.05) is 0 Å². The number of ether oxygens (including phenoxy) is 1. The minimum atomic E-state index is -0.835. The number of halogens is 2. The lowest BCUT2D eigenvalue weighted by Crippen LogP contribution is -2.21. The molecule has 0 saturated heterocycles. The van der Waals surface area contributed by atoms with Crippen molar-refractivity contribution in [2.75, 3.05) is 12.8 Å². The van der Waals surface area contributed by atoms with Gasteiger partial charge in [-0.1, -0.05) is 5.16 Å². The summed E-state index contributed by atoms with van der Waals surface area (Å²) < 4.78 is 36.9. The number of anilines is 1. The zero-order valence-electron chi connectivity index (χ0n) is 10.7. The Labute approximate surface area is 108 Å². The van der Waals surface area contributed by atoms with E-state index in [-0.39, 0.29) is 23.0 Å². The van der Waals surface area contributed by atoms with Crippen molar-refractivity contribution in [3.63, 3.8) is 0 Å². The third-order valence-electron chi connectivity index (χ3n) is 2.79. The monoisotopic (exact) mass is 269 g/mol. The summed E-state index contributed by atoms with van der Waals surface area (Å²) in [6.07, 6.45) is 0. The Kier molecular flexibility index (Phi) is 3.23. The molecule has 0 amide bonds. The van der Waals surface area contributed by atoms with Gasteiger partial charge >= 0.3 is 0 Å². The summed E-state index contributed by atoms with van der Waals surface area (Å²) in [4.78, 5) is 4.03.